The first-order chi connectivity index (χ1) is 12.3. The van der Waals surface area contributed by atoms with Crippen LogP contribution in [-0.4, -0.2) is 30.6 Å². The first-order valence-corrected chi connectivity index (χ1v) is 9.16. The monoisotopic (exact) mass is 408 g/mol. The summed E-state index contributed by atoms with van der Waals surface area (Å²) in [5.41, 5.74) is 2.71. The molecule has 0 aliphatic carbocycles. The molecule has 1 heterocycles. The Kier molecular flexibility index (Phi) is 11.1. The molecule has 27 heavy (non-hydrogen) atoms. The third kappa shape index (κ3) is 7.94. The van der Waals surface area contributed by atoms with Crippen molar-refractivity contribution < 1.29 is 4.74 Å². The van der Waals surface area contributed by atoms with E-state index in [1.165, 1.54) is 37.1 Å². The quantitative estimate of drug-likeness (QED) is 0.631. The number of halogens is 2. The van der Waals surface area contributed by atoms with Crippen molar-refractivity contribution in [3.63, 3.8) is 0 Å². The van der Waals surface area contributed by atoms with Crippen molar-refractivity contribution in [1.29, 1.82) is 0 Å². The smallest absolute Gasteiger partial charge is 0.119 e. The molecular formula is C22H30Cl2N2O. The molecule has 0 saturated carbocycles. The van der Waals surface area contributed by atoms with Gasteiger partial charge >= 0.3 is 0 Å². The maximum absolute atomic E-state index is 5.52. The Labute approximate surface area is 175 Å². The number of ether oxygens (including phenoxy) is 1. The number of piperidine rings is 1. The van der Waals surface area contributed by atoms with E-state index < -0.39 is 0 Å². The lowest BCUT2D eigenvalue weighted by Gasteiger charge is -2.32. The molecule has 0 radical (unpaired) electrons. The molecule has 0 unspecified atom stereocenters. The van der Waals surface area contributed by atoms with Crippen molar-refractivity contribution in [2.24, 2.45) is 0 Å². The summed E-state index contributed by atoms with van der Waals surface area (Å²) >= 11 is 0. The van der Waals surface area contributed by atoms with Gasteiger partial charge in [-0.15, -0.1) is 24.8 Å². The SMILES string of the molecule is C=CCOc1ccc(CNC2CCN(Cc3ccccc3)CC2)cc1.Cl.Cl. The van der Waals surface area contributed by atoms with Gasteiger partial charge in [-0.3, -0.25) is 4.90 Å². The second-order valence-corrected chi connectivity index (χ2v) is 6.66. The van der Waals surface area contributed by atoms with E-state index in [2.05, 4.69) is 59.3 Å². The van der Waals surface area contributed by atoms with E-state index in [1.807, 2.05) is 12.1 Å². The van der Waals surface area contributed by atoms with E-state index in [1.54, 1.807) is 6.08 Å². The lowest BCUT2D eigenvalue weighted by atomic mass is 10.0. The summed E-state index contributed by atoms with van der Waals surface area (Å²) in [5.74, 6) is 0.901. The van der Waals surface area contributed by atoms with Crippen LogP contribution in [0.3, 0.4) is 0 Å². The molecule has 0 aromatic heterocycles. The Bertz CT molecular complexity index is 641. The molecule has 5 heteroatoms. The maximum atomic E-state index is 5.52. The van der Waals surface area contributed by atoms with Gasteiger partial charge in [-0.2, -0.15) is 0 Å². The Balaban J connectivity index is 0.00000182. The minimum absolute atomic E-state index is 0. The third-order valence-electron chi connectivity index (χ3n) is 4.72. The van der Waals surface area contributed by atoms with Gasteiger partial charge in [0.2, 0.25) is 0 Å². The molecule has 3 nitrogen and oxygen atoms in total. The van der Waals surface area contributed by atoms with E-state index in [-0.39, 0.29) is 24.8 Å². The third-order valence-corrected chi connectivity index (χ3v) is 4.72. The van der Waals surface area contributed by atoms with E-state index in [4.69, 9.17) is 4.74 Å². The molecule has 0 atom stereocenters. The Morgan fingerprint density at radius 2 is 1.63 bits per heavy atom. The van der Waals surface area contributed by atoms with E-state index in [0.717, 1.165) is 18.8 Å². The van der Waals surface area contributed by atoms with E-state index >= 15 is 0 Å². The highest BCUT2D eigenvalue weighted by molar-refractivity contribution is 5.85. The number of rotatable bonds is 8. The van der Waals surface area contributed by atoms with Gasteiger partial charge in [0.1, 0.15) is 12.4 Å². The molecule has 0 bridgehead atoms. The Morgan fingerprint density at radius 3 is 2.26 bits per heavy atom. The van der Waals surface area contributed by atoms with Crippen LogP contribution in [0.1, 0.15) is 24.0 Å². The predicted molar refractivity (Wildman–Crippen MR) is 118 cm³/mol. The fourth-order valence-corrected chi connectivity index (χ4v) is 3.26. The minimum Gasteiger partial charge on any atom is -0.490 e. The van der Waals surface area contributed by atoms with Crippen LogP contribution >= 0.6 is 24.8 Å². The highest BCUT2D eigenvalue weighted by atomic mass is 35.5. The predicted octanol–water partition coefficient (Wildman–Crippen LogP) is 4.85. The molecule has 148 valence electrons. The molecule has 0 amide bonds. The molecule has 1 fully saturated rings. The summed E-state index contributed by atoms with van der Waals surface area (Å²) in [5, 5.41) is 3.70. The van der Waals surface area contributed by atoms with Gasteiger partial charge in [-0.25, -0.2) is 0 Å². The lowest BCUT2D eigenvalue weighted by Crippen LogP contribution is -2.41. The number of hydrogen-bond acceptors (Lipinski definition) is 3. The second-order valence-electron chi connectivity index (χ2n) is 6.66. The minimum atomic E-state index is 0. The number of nitrogens with zero attached hydrogens (tertiary/aromatic N) is 1. The standard InChI is InChI=1S/C22H28N2O.2ClH/c1-2-16-25-22-10-8-19(9-11-22)17-23-21-12-14-24(15-13-21)18-20-6-4-3-5-7-20;;/h2-11,21,23H,1,12-18H2;2*1H. The Morgan fingerprint density at radius 1 is 0.963 bits per heavy atom. The fraction of sp³-hybridized carbons (Fsp3) is 0.364. The fourth-order valence-electron chi connectivity index (χ4n) is 3.26. The summed E-state index contributed by atoms with van der Waals surface area (Å²) in [6.45, 7) is 8.55. The first kappa shape index (κ1) is 23.5. The highest BCUT2D eigenvalue weighted by Crippen LogP contribution is 2.16. The summed E-state index contributed by atoms with van der Waals surface area (Å²) in [4.78, 5) is 2.55. The summed E-state index contributed by atoms with van der Waals surface area (Å²) in [6.07, 6.45) is 4.19. The van der Waals surface area contributed by atoms with Gasteiger partial charge in [0.05, 0.1) is 0 Å². The van der Waals surface area contributed by atoms with Gasteiger partial charge in [0.25, 0.3) is 0 Å². The zero-order valence-corrected chi connectivity index (χ0v) is 17.3. The molecule has 1 aliphatic rings. The van der Waals surface area contributed by atoms with Gasteiger partial charge in [0, 0.05) is 19.1 Å². The van der Waals surface area contributed by atoms with Crippen LogP contribution in [0.5, 0.6) is 5.75 Å². The van der Waals surface area contributed by atoms with Crippen molar-refractivity contribution in [2.75, 3.05) is 19.7 Å². The van der Waals surface area contributed by atoms with Gasteiger partial charge in [-0.1, -0.05) is 55.1 Å². The number of nitrogens with one attached hydrogen (secondary N) is 1. The topological polar surface area (TPSA) is 24.5 Å². The summed E-state index contributed by atoms with van der Waals surface area (Å²) in [7, 11) is 0. The highest BCUT2D eigenvalue weighted by Gasteiger charge is 2.18. The summed E-state index contributed by atoms with van der Waals surface area (Å²) in [6, 6.07) is 19.7. The molecule has 1 aliphatic heterocycles. The van der Waals surface area contributed by atoms with Gasteiger partial charge < -0.3 is 10.1 Å². The van der Waals surface area contributed by atoms with Crippen LogP contribution < -0.4 is 10.1 Å². The molecule has 0 spiro atoms. The first-order valence-electron chi connectivity index (χ1n) is 9.16. The van der Waals surface area contributed by atoms with Gasteiger partial charge in [-0.05, 0) is 49.2 Å². The van der Waals surface area contributed by atoms with Crippen LogP contribution in [0.25, 0.3) is 0 Å². The average molecular weight is 409 g/mol. The van der Waals surface area contributed by atoms with E-state index in [0.29, 0.717) is 12.6 Å². The van der Waals surface area contributed by atoms with Crippen molar-refractivity contribution in [1.82, 2.24) is 10.2 Å². The van der Waals surface area contributed by atoms with Gasteiger partial charge in [0.15, 0.2) is 0 Å². The normalized spacial score (nSPS) is 14.7. The van der Waals surface area contributed by atoms with Crippen LogP contribution in [0.4, 0.5) is 0 Å². The Hall–Kier alpha value is -1.52. The van der Waals surface area contributed by atoms with Crippen molar-refractivity contribution in [3.05, 3.63) is 78.4 Å². The van der Waals surface area contributed by atoms with Crippen LogP contribution in [0.15, 0.2) is 67.3 Å². The number of hydrogen-bond donors (Lipinski definition) is 1. The maximum Gasteiger partial charge on any atom is 0.119 e. The molecule has 1 N–H and O–H groups in total. The number of benzene rings is 2. The molecule has 2 aromatic rings. The second kappa shape index (κ2) is 12.8. The zero-order valence-electron chi connectivity index (χ0n) is 15.7. The largest absolute Gasteiger partial charge is 0.490 e. The molecule has 1 saturated heterocycles. The van der Waals surface area contributed by atoms with Crippen molar-refractivity contribution in [3.8, 4) is 5.75 Å². The summed E-state index contributed by atoms with van der Waals surface area (Å²) < 4.78 is 5.52. The average Bonchev–Trinajstić information content (AvgIpc) is 2.67. The molecular weight excluding hydrogens is 379 g/mol. The zero-order chi connectivity index (χ0) is 17.3. The molecule has 3 rings (SSSR count). The van der Waals surface area contributed by atoms with Crippen molar-refractivity contribution in [2.45, 2.75) is 32.0 Å². The van der Waals surface area contributed by atoms with Crippen LogP contribution in [-0.2, 0) is 13.1 Å². The van der Waals surface area contributed by atoms with Crippen LogP contribution in [0, 0.1) is 0 Å². The van der Waals surface area contributed by atoms with E-state index in [9.17, 15) is 0 Å². The van der Waals surface area contributed by atoms with Crippen LogP contribution in [0.2, 0.25) is 0 Å². The number of likely N-dealkylation sites (tertiary alicyclic amines) is 1. The lowest BCUT2D eigenvalue weighted by molar-refractivity contribution is 0.190. The molecule has 2 aromatic carbocycles. The van der Waals surface area contributed by atoms with Crippen molar-refractivity contribution >= 4 is 24.8 Å².